The highest BCUT2D eigenvalue weighted by Gasteiger charge is 2.51. The van der Waals surface area contributed by atoms with Gasteiger partial charge in [-0.05, 0) is 75.5 Å². The molecule has 1 aromatic carbocycles. The molecule has 3 N–H and O–H groups in total. The molecule has 0 bridgehead atoms. The van der Waals surface area contributed by atoms with E-state index >= 15 is 0 Å². The Hall–Kier alpha value is -2.32. The summed E-state index contributed by atoms with van der Waals surface area (Å²) in [6, 6.07) is 7.24. The zero-order chi connectivity index (χ0) is 24.1. The average Bonchev–Trinajstić information content (AvgIpc) is 3.42. The van der Waals surface area contributed by atoms with E-state index in [0.717, 1.165) is 86.2 Å². The van der Waals surface area contributed by atoms with Crippen molar-refractivity contribution in [3.8, 4) is 11.5 Å². The van der Waals surface area contributed by atoms with E-state index in [4.69, 9.17) is 21.7 Å². The topological polar surface area (TPSA) is 74.4 Å². The van der Waals surface area contributed by atoms with E-state index in [2.05, 4.69) is 57.5 Å². The zero-order valence-electron chi connectivity index (χ0n) is 20.9. The summed E-state index contributed by atoms with van der Waals surface area (Å²) < 4.78 is 11.2. The van der Waals surface area contributed by atoms with E-state index in [-0.39, 0.29) is 5.41 Å². The molecule has 2 fully saturated rings. The molecule has 1 aromatic heterocycles. The SMILES string of the molecule is CCCCNC(=S)N[C@H]1CC[C@@]2(c3ccc(OC)c(OC)c3)CCN(Cc3nc[nH]c3C)[C@@H]2C1. The van der Waals surface area contributed by atoms with Gasteiger partial charge >= 0.3 is 0 Å². The number of nitrogens with zero attached hydrogens (tertiary/aromatic N) is 2. The number of aryl methyl sites for hydroxylation is 1. The smallest absolute Gasteiger partial charge is 0.166 e. The minimum atomic E-state index is 0.0825. The number of aromatic amines is 1. The fourth-order valence-electron chi connectivity index (χ4n) is 5.80. The summed E-state index contributed by atoms with van der Waals surface area (Å²) in [5, 5.41) is 7.78. The monoisotopic (exact) mass is 485 g/mol. The van der Waals surface area contributed by atoms with Crippen molar-refractivity contribution in [3.63, 3.8) is 0 Å². The number of thiocarbonyl (C=S) groups is 1. The van der Waals surface area contributed by atoms with Gasteiger partial charge in [-0.2, -0.15) is 0 Å². The lowest BCUT2D eigenvalue weighted by Gasteiger charge is -2.45. The fraction of sp³-hybridized carbons (Fsp3) is 0.615. The molecule has 8 heteroatoms. The minimum Gasteiger partial charge on any atom is -0.493 e. The molecular weight excluding hydrogens is 446 g/mol. The highest BCUT2D eigenvalue weighted by molar-refractivity contribution is 7.80. The fourth-order valence-corrected chi connectivity index (χ4v) is 6.07. The first-order valence-electron chi connectivity index (χ1n) is 12.5. The van der Waals surface area contributed by atoms with Crippen molar-refractivity contribution >= 4 is 17.3 Å². The van der Waals surface area contributed by atoms with Gasteiger partial charge in [-0.3, -0.25) is 4.90 Å². The molecule has 2 aromatic rings. The molecule has 7 nitrogen and oxygen atoms in total. The number of methoxy groups -OCH3 is 2. The molecule has 1 aliphatic heterocycles. The molecule has 2 heterocycles. The Bertz CT molecular complexity index is 980. The molecule has 0 radical (unpaired) electrons. The van der Waals surface area contributed by atoms with E-state index in [1.165, 1.54) is 5.56 Å². The lowest BCUT2D eigenvalue weighted by molar-refractivity contribution is 0.133. The van der Waals surface area contributed by atoms with Gasteiger partial charge in [-0.15, -0.1) is 0 Å². The van der Waals surface area contributed by atoms with E-state index < -0.39 is 0 Å². The van der Waals surface area contributed by atoms with Crippen molar-refractivity contribution in [3.05, 3.63) is 41.5 Å². The van der Waals surface area contributed by atoms with E-state index in [9.17, 15) is 0 Å². The van der Waals surface area contributed by atoms with Gasteiger partial charge in [-0.1, -0.05) is 19.4 Å². The van der Waals surface area contributed by atoms with Crippen molar-refractivity contribution in [2.75, 3.05) is 27.3 Å². The Kier molecular flexibility index (Phi) is 7.99. The van der Waals surface area contributed by atoms with Crippen LogP contribution in [0, 0.1) is 6.92 Å². The third-order valence-corrected chi connectivity index (χ3v) is 8.03. The number of unbranched alkanes of at least 4 members (excludes halogenated alkanes) is 1. The number of aromatic nitrogens is 2. The maximum absolute atomic E-state index is 5.67. The van der Waals surface area contributed by atoms with Crippen LogP contribution in [-0.4, -0.2) is 59.4 Å². The highest BCUT2D eigenvalue weighted by Crippen LogP contribution is 2.50. The Morgan fingerprint density at radius 2 is 2.09 bits per heavy atom. The largest absolute Gasteiger partial charge is 0.493 e. The predicted molar refractivity (Wildman–Crippen MR) is 140 cm³/mol. The molecule has 34 heavy (non-hydrogen) atoms. The van der Waals surface area contributed by atoms with Crippen LogP contribution in [0.5, 0.6) is 11.5 Å². The Balaban J connectivity index is 1.58. The zero-order valence-corrected chi connectivity index (χ0v) is 21.8. The maximum atomic E-state index is 5.67. The number of imidazole rings is 1. The summed E-state index contributed by atoms with van der Waals surface area (Å²) in [5.41, 5.74) is 3.71. The molecule has 1 saturated carbocycles. The van der Waals surface area contributed by atoms with Crippen LogP contribution >= 0.6 is 12.2 Å². The molecule has 0 unspecified atom stereocenters. The number of hydrogen-bond donors (Lipinski definition) is 3. The van der Waals surface area contributed by atoms with E-state index in [0.29, 0.717) is 12.1 Å². The van der Waals surface area contributed by atoms with Crippen LogP contribution < -0.4 is 20.1 Å². The standard InChI is InChI=1S/C26H39N5O2S/c1-5-6-12-27-25(34)30-20-9-10-26(19-7-8-22(32-3)23(14-19)33-4)11-13-31(24(26)15-20)16-21-18(2)28-17-29-21/h7-8,14,17,20,24H,5-6,9-13,15-16H2,1-4H3,(H,28,29)(H2,27,30,34)/t20-,24+,26-/m0/s1. The van der Waals surface area contributed by atoms with Gasteiger partial charge in [0.1, 0.15) is 0 Å². The molecule has 1 aliphatic carbocycles. The van der Waals surface area contributed by atoms with Crippen LogP contribution in [0.2, 0.25) is 0 Å². The first-order valence-corrected chi connectivity index (χ1v) is 12.9. The third-order valence-electron chi connectivity index (χ3n) is 7.77. The Labute approximate surface area is 209 Å². The van der Waals surface area contributed by atoms with E-state index in [1.54, 1.807) is 20.5 Å². The van der Waals surface area contributed by atoms with Gasteiger partial charge in [0.25, 0.3) is 0 Å². The number of rotatable bonds is 9. The summed E-state index contributed by atoms with van der Waals surface area (Å²) in [4.78, 5) is 10.5. The average molecular weight is 486 g/mol. The van der Waals surface area contributed by atoms with Crippen molar-refractivity contribution in [2.24, 2.45) is 0 Å². The number of ether oxygens (including phenoxy) is 2. The van der Waals surface area contributed by atoms with Crippen molar-refractivity contribution < 1.29 is 9.47 Å². The van der Waals surface area contributed by atoms with Gasteiger partial charge in [-0.25, -0.2) is 4.98 Å². The van der Waals surface area contributed by atoms with Crippen molar-refractivity contribution in [2.45, 2.75) is 76.4 Å². The van der Waals surface area contributed by atoms with Crippen LogP contribution in [0.15, 0.2) is 24.5 Å². The minimum absolute atomic E-state index is 0.0825. The second-order valence-electron chi connectivity index (χ2n) is 9.66. The number of H-pyrrole nitrogens is 1. The van der Waals surface area contributed by atoms with Crippen LogP contribution in [0.1, 0.15) is 62.4 Å². The Morgan fingerprint density at radius 1 is 1.26 bits per heavy atom. The third kappa shape index (κ3) is 5.03. The molecule has 0 spiro atoms. The summed E-state index contributed by atoms with van der Waals surface area (Å²) in [7, 11) is 3.40. The molecule has 186 valence electrons. The van der Waals surface area contributed by atoms with E-state index in [1.807, 2.05) is 0 Å². The van der Waals surface area contributed by atoms with Crippen LogP contribution in [0.25, 0.3) is 0 Å². The van der Waals surface area contributed by atoms with Crippen LogP contribution in [0.4, 0.5) is 0 Å². The highest BCUT2D eigenvalue weighted by atomic mass is 32.1. The summed E-state index contributed by atoms with van der Waals surface area (Å²) >= 11 is 5.61. The van der Waals surface area contributed by atoms with Gasteiger partial charge in [0, 0.05) is 36.3 Å². The summed E-state index contributed by atoms with van der Waals surface area (Å²) in [6.07, 6.45) is 8.48. The first-order chi connectivity index (χ1) is 16.5. The van der Waals surface area contributed by atoms with Crippen LogP contribution in [-0.2, 0) is 12.0 Å². The lowest BCUT2D eigenvalue weighted by atomic mass is 9.65. The normalized spacial score (nSPS) is 24.5. The molecule has 0 amide bonds. The number of fused-ring (bicyclic) bond motifs is 1. The predicted octanol–water partition coefficient (Wildman–Crippen LogP) is 4.06. The molecular formula is C26H39N5O2S. The van der Waals surface area contributed by atoms with Crippen molar-refractivity contribution in [1.82, 2.24) is 25.5 Å². The first kappa shape index (κ1) is 24.8. The quantitative estimate of drug-likeness (QED) is 0.365. The number of nitrogens with one attached hydrogen (secondary N) is 3. The van der Waals surface area contributed by atoms with Crippen molar-refractivity contribution in [1.29, 1.82) is 0 Å². The van der Waals surface area contributed by atoms with Crippen LogP contribution in [0.3, 0.4) is 0 Å². The van der Waals surface area contributed by atoms with Gasteiger partial charge in [0.15, 0.2) is 16.6 Å². The Morgan fingerprint density at radius 3 is 2.79 bits per heavy atom. The maximum Gasteiger partial charge on any atom is 0.166 e. The molecule has 4 rings (SSSR count). The lowest BCUT2D eigenvalue weighted by Crippen LogP contribution is -2.53. The molecule has 1 saturated heterocycles. The number of hydrogen-bond acceptors (Lipinski definition) is 5. The number of likely N-dealkylation sites (tertiary alicyclic amines) is 1. The van der Waals surface area contributed by atoms with Gasteiger partial charge < -0.3 is 25.1 Å². The summed E-state index contributed by atoms with van der Waals surface area (Å²) in [6.45, 7) is 7.14. The van der Waals surface area contributed by atoms with Gasteiger partial charge in [0.2, 0.25) is 0 Å². The van der Waals surface area contributed by atoms with Gasteiger partial charge in [0.05, 0.1) is 26.2 Å². The molecule has 3 atom stereocenters. The second kappa shape index (κ2) is 11.0. The summed E-state index contributed by atoms with van der Waals surface area (Å²) in [5.74, 6) is 1.58. The second-order valence-corrected chi connectivity index (χ2v) is 10.1. The molecule has 2 aliphatic rings. The number of benzene rings is 1.